The number of sulfonamides is 1. The van der Waals surface area contributed by atoms with Gasteiger partial charge in [0.1, 0.15) is 18.3 Å². The van der Waals surface area contributed by atoms with Crippen molar-refractivity contribution < 1.29 is 22.7 Å². The maximum atomic E-state index is 14.3. The van der Waals surface area contributed by atoms with E-state index in [1.54, 1.807) is 29.2 Å². The van der Waals surface area contributed by atoms with Gasteiger partial charge in [0.15, 0.2) is 0 Å². The van der Waals surface area contributed by atoms with Crippen molar-refractivity contribution >= 4 is 27.5 Å². The molecule has 0 aliphatic heterocycles. The first-order valence-electron chi connectivity index (χ1n) is 15.6. The fraction of sp³-hybridized carbons (Fsp3) is 0.429. The molecule has 0 unspecified atom stereocenters. The second kappa shape index (κ2) is 15.2. The Morgan fingerprint density at radius 3 is 2.18 bits per heavy atom. The zero-order valence-corrected chi connectivity index (χ0v) is 27.1. The summed E-state index contributed by atoms with van der Waals surface area (Å²) in [7, 11) is -4.15. The molecule has 0 radical (unpaired) electrons. The monoisotopic (exact) mass is 619 g/mol. The molecule has 1 aliphatic carbocycles. The van der Waals surface area contributed by atoms with Gasteiger partial charge in [-0.1, -0.05) is 68.1 Å². The van der Waals surface area contributed by atoms with Gasteiger partial charge < -0.3 is 15.0 Å². The number of carbonyl (C=O) groups excluding carboxylic acids is 2. The number of hydrogen-bond acceptors (Lipinski definition) is 5. The first-order chi connectivity index (χ1) is 21.1. The molecular formula is C35H45N3O5S. The van der Waals surface area contributed by atoms with Crippen LogP contribution in [0.1, 0.15) is 69.1 Å². The lowest BCUT2D eigenvalue weighted by Gasteiger charge is -2.34. The van der Waals surface area contributed by atoms with E-state index in [4.69, 9.17) is 4.74 Å². The van der Waals surface area contributed by atoms with Gasteiger partial charge in [0.05, 0.1) is 17.2 Å². The van der Waals surface area contributed by atoms with E-state index >= 15 is 0 Å². The van der Waals surface area contributed by atoms with E-state index in [-0.39, 0.29) is 23.4 Å². The molecule has 3 aromatic carbocycles. The van der Waals surface area contributed by atoms with Crippen LogP contribution in [0.25, 0.3) is 0 Å². The maximum absolute atomic E-state index is 14.3. The third-order valence-corrected chi connectivity index (χ3v) is 10.1. The molecule has 0 saturated heterocycles. The molecule has 0 aromatic heterocycles. The fourth-order valence-corrected chi connectivity index (χ4v) is 7.09. The van der Waals surface area contributed by atoms with Gasteiger partial charge in [-0.15, -0.1) is 0 Å². The highest BCUT2D eigenvalue weighted by atomic mass is 32.2. The van der Waals surface area contributed by atoms with Crippen LogP contribution in [0.3, 0.4) is 0 Å². The van der Waals surface area contributed by atoms with Crippen molar-refractivity contribution in [1.29, 1.82) is 0 Å². The molecule has 0 bridgehead atoms. The zero-order chi connectivity index (χ0) is 31.7. The average molecular weight is 620 g/mol. The number of hydrogen-bond donors (Lipinski definition) is 1. The topological polar surface area (TPSA) is 96.0 Å². The van der Waals surface area contributed by atoms with Gasteiger partial charge in [-0.3, -0.25) is 13.9 Å². The van der Waals surface area contributed by atoms with Crippen molar-refractivity contribution in [2.24, 2.45) is 0 Å². The van der Waals surface area contributed by atoms with Crippen LogP contribution in [0.4, 0.5) is 5.69 Å². The zero-order valence-electron chi connectivity index (χ0n) is 26.3. The molecule has 2 amide bonds. The van der Waals surface area contributed by atoms with Crippen LogP contribution in [-0.4, -0.2) is 50.4 Å². The number of carbonyl (C=O) groups is 2. The summed E-state index contributed by atoms with van der Waals surface area (Å²) < 4.78 is 34.9. The second-order valence-corrected chi connectivity index (χ2v) is 13.3. The lowest BCUT2D eigenvalue weighted by Crippen LogP contribution is -2.54. The first kappa shape index (κ1) is 33.1. The summed E-state index contributed by atoms with van der Waals surface area (Å²) in [6.45, 7) is 7.82. The molecule has 0 spiro atoms. The number of ether oxygens (including phenoxy) is 1. The average Bonchev–Trinajstić information content (AvgIpc) is 3.02. The third kappa shape index (κ3) is 8.20. The summed E-state index contributed by atoms with van der Waals surface area (Å²) in [5, 5.41) is 3.19. The molecule has 0 heterocycles. The first-order valence-corrected chi connectivity index (χ1v) is 17.0. The summed E-state index contributed by atoms with van der Waals surface area (Å²) >= 11 is 0. The molecule has 1 fully saturated rings. The normalized spacial score (nSPS) is 14.5. The highest BCUT2D eigenvalue weighted by molar-refractivity contribution is 7.92. The number of anilines is 1. The standard InChI is InChI=1S/C35H45N3O5S/c1-5-33(35(40)36-29-14-8-7-9-15-29)37(24-28-13-11-10-12-27(28)4)34(39)25-38(30-18-16-26(3)17-19-30)44(41,42)32-22-20-31(21-23-32)43-6-2/h10-13,16-23,29,33H,5-9,14-15,24-25H2,1-4H3,(H,36,40)/t33-/m1/s1. The Morgan fingerprint density at radius 1 is 0.909 bits per heavy atom. The summed E-state index contributed by atoms with van der Waals surface area (Å²) in [5.41, 5.74) is 3.23. The van der Waals surface area contributed by atoms with Crippen molar-refractivity contribution in [2.45, 2.75) is 89.7 Å². The summed E-state index contributed by atoms with van der Waals surface area (Å²) in [5.74, 6) is -0.0878. The van der Waals surface area contributed by atoms with Gasteiger partial charge in [-0.2, -0.15) is 0 Å². The predicted molar refractivity (Wildman–Crippen MR) is 174 cm³/mol. The van der Waals surface area contributed by atoms with E-state index in [2.05, 4.69) is 5.32 Å². The molecule has 1 saturated carbocycles. The number of amides is 2. The van der Waals surface area contributed by atoms with E-state index in [0.29, 0.717) is 24.5 Å². The Hall–Kier alpha value is -3.85. The molecule has 44 heavy (non-hydrogen) atoms. The van der Waals surface area contributed by atoms with E-state index in [9.17, 15) is 18.0 Å². The minimum Gasteiger partial charge on any atom is -0.494 e. The molecule has 8 nitrogen and oxygen atoms in total. The Balaban J connectivity index is 1.70. The minimum atomic E-state index is -4.15. The van der Waals surface area contributed by atoms with E-state index < -0.39 is 28.5 Å². The van der Waals surface area contributed by atoms with Crippen LogP contribution in [0.5, 0.6) is 5.75 Å². The fourth-order valence-electron chi connectivity index (χ4n) is 5.68. The Kier molecular flexibility index (Phi) is 11.4. The molecule has 4 rings (SSSR count). The van der Waals surface area contributed by atoms with Crippen molar-refractivity contribution in [3.05, 3.63) is 89.5 Å². The minimum absolute atomic E-state index is 0.0434. The quantitative estimate of drug-likeness (QED) is 0.248. The smallest absolute Gasteiger partial charge is 0.264 e. The highest BCUT2D eigenvalue weighted by Gasteiger charge is 2.34. The second-order valence-electron chi connectivity index (χ2n) is 11.5. The van der Waals surface area contributed by atoms with E-state index in [1.807, 2.05) is 64.1 Å². The number of benzene rings is 3. The Bertz CT molecular complexity index is 1500. The molecule has 1 N–H and O–H groups in total. The number of rotatable bonds is 13. The number of nitrogens with one attached hydrogen (secondary N) is 1. The lowest BCUT2D eigenvalue weighted by molar-refractivity contribution is -0.140. The van der Waals surface area contributed by atoms with Crippen LogP contribution < -0.4 is 14.4 Å². The lowest BCUT2D eigenvalue weighted by atomic mass is 9.95. The number of nitrogens with zero attached hydrogens (tertiary/aromatic N) is 2. The van der Waals surface area contributed by atoms with Gasteiger partial charge >= 0.3 is 0 Å². The molecule has 236 valence electrons. The molecule has 1 atom stereocenters. The van der Waals surface area contributed by atoms with Crippen LogP contribution in [0.15, 0.2) is 77.7 Å². The van der Waals surface area contributed by atoms with Gasteiger partial charge in [0, 0.05) is 12.6 Å². The molecular weight excluding hydrogens is 574 g/mol. The molecule has 9 heteroatoms. The largest absolute Gasteiger partial charge is 0.494 e. The van der Waals surface area contributed by atoms with Crippen molar-refractivity contribution in [3.63, 3.8) is 0 Å². The summed E-state index contributed by atoms with van der Waals surface area (Å²) in [6.07, 6.45) is 5.56. The summed E-state index contributed by atoms with van der Waals surface area (Å²) in [4.78, 5) is 29.6. The van der Waals surface area contributed by atoms with Gasteiger partial charge in [-0.25, -0.2) is 8.42 Å². The third-order valence-electron chi connectivity index (χ3n) is 8.26. The number of aryl methyl sites for hydroxylation is 2. The van der Waals surface area contributed by atoms with Gasteiger partial charge in [0.25, 0.3) is 10.0 Å². The Labute approximate surface area is 262 Å². The molecule has 1 aliphatic rings. The van der Waals surface area contributed by atoms with Crippen LogP contribution >= 0.6 is 0 Å². The summed E-state index contributed by atoms with van der Waals surface area (Å²) in [6, 6.07) is 20.3. The van der Waals surface area contributed by atoms with Crippen LogP contribution in [-0.2, 0) is 26.2 Å². The van der Waals surface area contributed by atoms with E-state index in [0.717, 1.165) is 46.7 Å². The van der Waals surface area contributed by atoms with Crippen molar-refractivity contribution in [2.75, 3.05) is 17.5 Å². The highest BCUT2D eigenvalue weighted by Crippen LogP contribution is 2.27. The van der Waals surface area contributed by atoms with Crippen LogP contribution in [0, 0.1) is 13.8 Å². The van der Waals surface area contributed by atoms with Gasteiger partial charge in [-0.05, 0) is 87.6 Å². The Morgan fingerprint density at radius 2 is 1.57 bits per heavy atom. The maximum Gasteiger partial charge on any atom is 0.264 e. The van der Waals surface area contributed by atoms with Crippen molar-refractivity contribution in [3.8, 4) is 5.75 Å². The van der Waals surface area contributed by atoms with Crippen LogP contribution in [0.2, 0.25) is 0 Å². The van der Waals surface area contributed by atoms with Gasteiger partial charge in [0.2, 0.25) is 11.8 Å². The van der Waals surface area contributed by atoms with E-state index in [1.165, 1.54) is 18.6 Å². The molecule has 3 aromatic rings. The SMILES string of the molecule is CCOc1ccc(S(=O)(=O)N(CC(=O)N(Cc2ccccc2C)[C@H](CC)C(=O)NC2CCCCC2)c2ccc(C)cc2)cc1. The van der Waals surface area contributed by atoms with Crippen molar-refractivity contribution in [1.82, 2.24) is 10.2 Å². The predicted octanol–water partition coefficient (Wildman–Crippen LogP) is 6.15.